The van der Waals surface area contributed by atoms with Crippen molar-refractivity contribution in [1.82, 2.24) is 4.98 Å². The molecule has 0 saturated carbocycles. The Kier molecular flexibility index (Phi) is 3.24. The van der Waals surface area contributed by atoms with Crippen molar-refractivity contribution in [2.24, 2.45) is 4.99 Å². The molecule has 0 N–H and O–H groups in total. The molecule has 2 rings (SSSR count). The van der Waals surface area contributed by atoms with Crippen LogP contribution in [0.15, 0.2) is 29.5 Å². The van der Waals surface area contributed by atoms with Crippen molar-refractivity contribution in [3.05, 3.63) is 30.1 Å². The molecule has 1 fully saturated rings. The van der Waals surface area contributed by atoms with Gasteiger partial charge >= 0.3 is 0 Å². The summed E-state index contributed by atoms with van der Waals surface area (Å²) >= 11 is 0. The van der Waals surface area contributed by atoms with Crippen LogP contribution < -0.4 is 0 Å². The second-order valence-corrected chi connectivity index (χ2v) is 3.42. The highest BCUT2D eigenvalue weighted by Crippen LogP contribution is 2.11. The van der Waals surface area contributed by atoms with Crippen molar-refractivity contribution >= 4 is 6.21 Å². The molecule has 1 saturated heterocycles. The van der Waals surface area contributed by atoms with Crippen LogP contribution in [0, 0.1) is 0 Å². The minimum atomic E-state index is 0.336. The van der Waals surface area contributed by atoms with E-state index in [9.17, 15) is 0 Å². The molecule has 14 heavy (non-hydrogen) atoms. The molecule has 0 aliphatic carbocycles. The summed E-state index contributed by atoms with van der Waals surface area (Å²) in [6.07, 6.45) is 8.07. The maximum absolute atomic E-state index is 5.46. The van der Waals surface area contributed by atoms with E-state index in [0.29, 0.717) is 6.10 Å². The van der Waals surface area contributed by atoms with Crippen molar-refractivity contribution in [2.75, 3.05) is 13.2 Å². The molecule has 3 nitrogen and oxygen atoms in total. The normalized spacial score (nSPS) is 21.9. The number of ether oxygens (including phenoxy) is 1. The van der Waals surface area contributed by atoms with E-state index in [1.54, 1.807) is 12.4 Å². The average Bonchev–Trinajstić information content (AvgIpc) is 2.72. The zero-order valence-electron chi connectivity index (χ0n) is 8.10. The van der Waals surface area contributed by atoms with Gasteiger partial charge in [-0.3, -0.25) is 9.98 Å². The number of aliphatic imine (C=N–C) groups is 1. The van der Waals surface area contributed by atoms with Gasteiger partial charge in [-0.2, -0.15) is 0 Å². The highest BCUT2D eigenvalue weighted by Gasteiger charge is 2.13. The largest absolute Gasteiger partial charge is 0.376 e. The van der Waals surface area contributed by atoms with Crippen LogP contribution in [-0.2, 0) is 4.74 Å². The SMILES string of the molecule is C(=NC[C@H]1CCCO1)c1cccnc1. The van der Waals surface area contributed by atoms with E-state index < -0.39 is 0 Å². The average molecular weight is 190 g/mol. The first kappa shape index (κ1) is 9.34. The quantitative estimate of drug-likeness (QED) is 0.679. The third-order valence-electron chi connectivity index (χ3n) is 2.26. The highest BCUT2D eigenvalue weighted by molar-refractivity contribution is 5.78. The summed E-state index contributed by atoms with van der Waals surface area (Å²) in [5, 5.41) is 0. The molecular weight excluding hydrogens is 176 g/mol. The standard InChI is InChI=1S/C11H14N2O/c1-3-10(7-12-5-1)8-13-9-11-4-2-6-14-11/h1,3,5,7-8,11H,2,4,6,9H2/t11-/m1/s1. The smallest absolute Gasteiger partial charge is 0.0771 e. The lowest BCUT2D eigenvalue weighted by Gasteiger charge is -2.03. The summed E-state index contributed by atoms with van der Waals surface area (Å²) in [6, 6.07) is 3.90. The van der Waals surface area contributed by atoms with Crippen molar-refractivity contribution in [2.45, 2.75) is 18.9 Å². The lowest BCUT2D eigenvalue weighted by Crippen LogP contribution is -2.08. The number of rotatable bonds is 3. The Bertz CT molecular complexity index is 291. The first-order valence-electron chi connectivity index (χ1n) is 4.96. The van der Waals surface area contributed by atoms with Crippen LogP contribution in [0.25, 0.3) is 0 Å². The second kappa shape index (κ2) is 4.86. The number of hydrogen-bond donors (Lipinski definition) is 0. The van der Waals surface area contributed by atoms with E-state index in [4.69, 9.17) is 4.74 Å². The Labute approximate surface area is 83.8 Å². The van der Waals surface area contributed by atoms with Gasteiger partial charge in [0.1, 0.15) is 0 Å². The predicted octanol–water partition coefficient (Wildman–Crippen LogP) is 1.68. The van der Waals surface area contributed by atoms with Crippen LogP contribution in [0.5, 0.6) is 0 Å². The Morgan fingerprint density at radius 1 is 1.64 bits per heavy atom. The van der Waals surface area contributed by atoms with E-state index in [-0.39, 0.29) is 0 Å². The van der Waals surface area contributed by atoms with Crippen molar-refractivity contribution in [3.63, 3.8) is 0 Å². The monoisotopic (exact) mass is 190 g/mol. The first-order chi connectivity index (χ1) is 6.95. The van der Waals surface area contributed by atoms with Crippen molar-refractivity contribution in [3.8, 4) is 0 Å². The minimum absolute atomic E-state index is 0.336. The third-order valence-corrected chi connectivity index (χ3v) is 2.26. The van der Waals surface area contributed by atoms with Gasteiger partial charge in [0.2, 0.25) is 0 Å². The molecule has 0 amide bonds. The number of hydrogen-bond acceptors (Lipinski definition) is 3. The molecular formula is C11H14N2O. The van der Waals surface area contributed by atoms with Crippen LogP contribution in [-0.4, -0.2) is 30.5 Å². The maximum Gasteiger partial charge on any atom is 0.0771 e. The van der Waals surface area contributed by atoms with Gasteiger partial charge in [-0.15, -0.1) is 0 Å². The second-order valence-electron chi connectivity index (χ2n) is 3.42. The molecule has 1 aliphatic rings. The summed E-state index contributed by atoms with van der Waals surface area (Å²) in [7, 11) is 0. The van der Waals surface area contributed by atoms with Crippen LogP contribution in [0.2, 0.25) is 0 Å². The van der Waals surface area contributed by atoms with Gasteiger partial charge in [0.05, 0.1) is 12.6 Å². The lowest BCUT2D eigenvalue weighted by atomic mass is 10.2. The highest BCUT2D eigenvalue weighted by atomic mass is 16.5. The lowest BCUT2D eigenvalue weighted by molar-refractivity contribution is 0.118. The van der Waals surface area contributed by atoms with Gasteiger partial charge in [-0.1, -0.05) is 6.07 Å². The van der Waals surface area contributed by atoms with Crippen molar-refractivity contribution in [1.29, 1.82) is 0 Å². The molecule has 1 atom stereocenters. The zero-order chi connectivity index (χ0) is 9.64. The number of aromatic nitrogens is 1. The van der Waals surface area contributed by atoms with E-state index in [2.05, 4.69) is 9.98 Å². The summed E-state index contributed by atoms with van der Waals surface area (Å²) in [6.45, 7) is 1.67. The molecule has 0 radical (unpaired) electrons. The van der Waals surface area contributed by atoms with Crippen LogP contribution in [0.1, 0.15) is 18.4 Å². The minimum Gasteiger partial charge on any atom is -0.376 e. The molecule has 0 spiro atoms. The summed E-state index contributed by atoms with van der Waals surface area (Å²) in [5.74, 6) is 0. The molecule has 0 bridgehead atoms. The van der Waals surface area contributed by atoms with Gasteiger partial charge < -0.3 is 4.74 Å². The number of pyridine rings is 1. The predicted molar refractivity (Wildman–Crippen MR) is 55.7 cm³/mol. The van der Waals surface area contributed by atoms with Gasteiger partial charge in [-0.05, 0) is 18.9 Å². The Morgan fingerprint density at radius 3 is 3.36 bits per heavy atom. The van der Waals surface area contributed by atoms with Crippen LogP contribution >= 0.6 is 0 Å². The van der Waals surface area contributed by atoms with Gasteiger partial charge in [0.25, 0.3) is 0 Å². The van der Waals surface area contributed by atoms with E-state index in [1.165, 1.54) is 6.42 Å². The van der Waals surface area contributed by atoms with E-state index >= 15 is 0 Å². The van der Waals surface area contributed by atoms with Crippen molar-refractivity contribution < 1.29 is 4.74 Å². The molecule has 74 valence electrons. The van der Waals surface area contributed by atoms with Gasteiger partial charge in [-0.25, -0.2) is 0 Å². The molecule has 0 unspecified atom stereocenters. The summed E-state index contributed by atoms with van der Waals surface area (Å²) in [5.41, 5.74) is 1.05. The van der Waals surface area contributed by atoms with Gasteiger partial charge in [0, 0.05) is 30.8 Å². The molecule has 1 aromatic heterocycles. The third kappa shape index (κ3) is 2.64. The zero-order valence-corrected chi connectivity index (χ0v) is 8.10. The van der Waals surface area contributed by atoms with Crippen LogP contribution in [0.3, 0.4) is 0 Å². The fraction of sp³-hybridized carbons (Fsp3) is 0.455. The number of nitrogens with zero attached hydrogens (tertiary/aromatic N) is 2. The first-order valence-corrected chi connectivity index (χ1v) is 4.96. The topological polar surface area (TPSA) is 34.5 Å². The summed E-state index contributed by atoms with van der Waals surface area (Å²) in [4.78, 5) is 8.35. The molecule has 2 heterocycles. The van der Waals surface area contributed by atoms with Gasteiger partial charge in [0.15, 0.2) is 0 Å². The molecule has 3 heteroatoms. The van der Waals surface area contributed by atoms with Crippen LogP contribution in [0.4, 0.5) is 0 Å². The maximum atomic E-state index is 5.46. The summed E-state index contributed by atoms with van der Waals surface area (Å²) < 4.78 is 5.46. The Hall–Kier alpha value is -1.22. The molecule has 1 aliphatic heterocycles. The fourth-order valence-corrected chi connectivity index (χ4v) is 1.52. The molecule has 0 aromatic carbocycles. The fourth-order valence-electron chi connectivity index (χ4n) is 1.52. The molecule has 1 aromatic rings. The Balaban J connectivity index is 1.82. The van der Waals surface area contributed by atoms with E-state index in [1.807, 2.05) is 18.3 Å². The Morgan fingerprint density at radius 2 is 2.64 bits per heavy atom. The van der Waals surface area contributed by atoms with E-state index in [0.717, 1.165) is 25.1 Å².